The Morgan fingerprint density at radius 1 is 0.464 bits per heavy atom. The van der Waals surface area contributed by atoms with Crippen molar-refractivity contribution in [3.63, 3.8) is 0 Å². The van der Waals surface area contributed by atoms with Crippen LogP contribution < -0.4 is 0 Å². The summed E-state index contributed by atoms with van der Waals surface area (Å²) in [6.45, 7) is 6.57. The Kier molecular flexibility index (Phi) is 4.88. The average Bonchev–Trinajstić information content (AvgIpc) is 3.00. The third-order valence-corrected chi connectivity index (χ3v) is 5.79. The number of fused-ring (bicyclic) bond motifs is 3. The summed E-state index contributed by atoms with van der Waals surface area (Å²) < 4.78 is 0. The summed E-state index contributed by atoms with van der Waals surface area (Å²) in [5, 5.41) is 0. The zero-order chi connectivity index (χ0) is 19.6. The summed E-state index contributed by atoms with van der Waals surface area (Å²) >= 11 is 0. The molecule has 0 bridgehead atoms. The van der Waals surface area contributed by atoms with Crippen molar-refractivity contribution in [3.8, 4) is 11.1 Å². The van der Waals surface area contributed by atoms with Gasteiger partial charge >= 0.3 is 0 Å². The molecule has 0 aliphatic heterocycles. The van der Waals surface area contributed by atoms with E-state index in [2.05, 4.69) is 106 Å². The molecule has 0 saturated carbocycles. The Bertz CT molecular complexity index is 1030. The summed E-state index contributed by atoms with van der Waals surface area (Å²) in [6.07, 6.45) is 0. The third-order valence-electron chi connectivity index (χ3n) is 5.79. The molecule has 5 rings (SSSR count). The lowest BCUT2D eigenvalue weighted by molar-refractivity contribution is 0.713. The van der Waals surface area contributed by atoms with Gasteiger partial charge in [-0.1, -0.05) is 114 Å². The van der Waals surface area contributed by atoms with Gasteiger partial charge in [0.2, 0.25) is 0 Å². The first-order chi connectivity index (χ1) is 13.6. The Morgan fingerprint density at radius 3 is 1.36 bits per heavy atom. The number of rotatable bonds is 1. The molecule has 0 nitrogen and oxygen atoms in total. The molecule has 1 aliphatic rings. The van der Waals surface area contributed by atoms with Crippen LogP contribution in [-0.2, 0) is 5.41 Å². The van der Waals surface area contributed by atoms with Crippen LogP contribution in [0, 0.1) is 13.8 Å². The highest BCUT2D eigenvalue weighted by atomic mass is 14.4. The Balaban J connectivity index is 0.000000233. The van der Waals surface area contributed by atoms with Crippen LogP contribution in [0.4, 0.5) is 0 Å². The van der Waals surface area contributed by atoms with Gasteiger partial charge in [0, 0.05) is 5.41 Å². The van der Waals surface area contributed by atoms with Crippen molar-refractivity contribution in [1.29, 1.82) is 0 Å². The van der Waals surface area contributed by atoms with Crippen molar-refractivity contribution >= 4 is 0 Å². The maximum atomic E-state index is 2.35. The minimum atomic E-state index is -0.0547. The van der Waals surface area contributed by atoms with Crippen LogP contribution in [0.25, 0.3) is 11.1 Å². The Morgan fingerprint density at radius 2 is 0.893 bits per heavy atom. The van der Waals surface area contributed by atoms with Crippen LogP contribution >= 0.6 is 0 Å². The molecule has 4 aromatic carbocycles. The largest absolute Gasteiger partial charge is 0.0622 e. The predicted octanol–water partition coefficient (Wildman–Crippen LogP) is 7.32. The van der Waals surface area contributed by atoms with Gasteiger partial charge in [0.15, 0.2) is 0 Å². The molecular weight excluding hydrogens is 336 g/mol. The van der Waals surface area contributed by atoms with Crippen molar-refractivity contribution in [3.05, 3.63) is 131 Å². The highest BCUT2D eigenvalue weighted by Crippen LogP contribution is 2.51. The summed E-state index contributed by atoms with van der Waals surface area (Å²) in [7, 11) is 0. The van der Waals surface area contributed by atoms with E-state index in [1.807, 2.05) is 18.2 Å². The first-order valence-electron chi connectivity index (χ1n) is 9.89. The molecule has 0 heteroatoms. The van der Waals surface area contributed by atoms with Crippen LogP contribution in [-0.4, -0.2) is 0 Å². The molecule has 0 saturated heterocycles. The molecule has 0 atom stereocenters. The lowest BCUT2D eigenvalue weighted by Gasteiger charge is -2.28. The van der Waals surface area contributed by atoms with E-state index in [-0.39, 0.29) is 5.41 Å². The van der Waals surface area contributed by atoms with Gasteiger partial charge in [0.1, 0.15) is 0 Å². The second-order valence-corrected chi connectivity index (χ2v) is 7.74. The standard InChI is InChI=1S/C21H18.C7H8/c1-15-11-13-16(14-12-15)21(2)19-9-5-3-7-17(19)18-8-4-6-10-20(18)21;1-7-5-3-2-4-6-7/h3-14H,1-2H3;2-6H,1H3. The normalized spacial score (nSPS) is 13.1. The van der Waals surface area contributed by atoms with Crippen molar-refractivity contribution in [1.82, 2.24) is 0 Å². The van der Waals surface area contributed by atoms with Crippen molar-refractivity contribution in [2.24, 2.45) is 0 Å². The van der Waals surface area contributed by atoms with Crippen LogP contribution in [0.15, 0.2) is 103 Å². The quantitative estimate of drug-likeness (QED) is 0.333. The van der Waals surface area contributed by atoms with E-state index < -0.39 is 0 Å². The molecule has 1 aliphatic carbocycles. The third kappa shape index (κ3) is 3.16. The van der Waals surface area contributed by atoms with E-state index in [1.54, 1.807) is 0 Å². The molecule has 0 radical (unpaired) electrons. The number of hydrogen-bond donors (Lipinski definition) is 0. The van der Waals surface area contributed by atoms with E-state index in [1.165, 1.54) is 38.9 Å². The lowest BCUT2D eigenvalue weighted by atomic mass is 9.74. The zero-order valence-corrected chi connectivity index (χ0v) is 16.8. The van der Waals surface area contributed by atoms with Gasteiger partial charge in [-0.15, -0.1) is 0 Å². The molecule has 0 N–H and O–H groups in total. The lowest BCUT2D eigenvalue weighted by Crippen LogP contribution is -2.22. The number of aryl methyl sites for hydroxylation is 2. The topological polar surface area (TPSA) is 0 Å². The van der Waals surface area contributed by atoms with Gasteiger partial charge in [-0.3, -0.25) is 0 Å². The monoisotopic (exact) mass is 362 g/mol. The molecule has 0 fully saturated rings. The molecule has 4 aromatic rings. The summed E-state index contributed by atoms with van der Waals surface area (Å²) in [5.74, 6) is 0. The van der Waals surface area contributed by atoms with Crippen LogP contribution in [0.2, 0.25) is 0 Å². The summed E-state index contributed by atoms with van der Waals surface area (Å²) in [4.78, 5) is 0. The van der Waals surface area contributed by atoms with Crippen molar-refractivity contribution in [2.75, 3.05) is 0 Å². The minimum Gasteiger partial charge on any atom is -0.0622 e. The summed E-state index contributed by atoms with van der Waals surface area (Å²) in [5.41, 5.74) is 9.51. The smallest absolute Gasteiger partial charge is 0.0435 e. The first-order valence-corrected chi connectivity index (χ1v) is 9.89. The Labute approximate surface area is 168 Å². The first kappa shape index (κ1) is 18.3. The highest BCUT2D eigenvalue weighted by Gasteiger charge is 2.40. The second-order valence-electron chi connectivity index (χ2n) is 7.74. The van der Waals surface area contributed by atoms with E-state index in [0.717, 1.165) is 0 Å². The van der Waals surface area contributed by atoms with Crippen molar-refractivity contribution in [2.45, 2.75) is 26.2 Å². The van der Waals surface area contributed by atoms with E-state index in [9.17, 15) is 0 Å². The van der Waals surface area contributed by atoms with E-state index in [4.69, 9.17) is 0 Å². The van der Waals surface area contributed by atoms with Gasteiger partial charge in [-0.2, -0.15) is 0 Å². The van der Waals surface area contributed by atoms with Gasteiger partial charge in [0.05, 0.1) is 0 Å². The molecule has 0 amide bonds. The fourth-order valence-electron chi connectivity index (χ4n) is 4.19. The fraction of sp³-hybridized carbons (Fsp3) is 0.143. The number of hydrogen-bond acceptors (Lipinski definition) is 0. The SMILES string of the molecule is Cc1ccc(C2(C)c3ccccc3-c3ccccc32)cc1.Cc1ccccc1. The molecule has 28 heavy (non-hydrogen) atoms. The number of benzene rings is 4. The van der Waals surface area contributed by atoms with Gasteiger partial charge < -0.3 is 0 Å². The molecule has 0 spiro atoms. The van der Waals surface area contributed by atoms with E-state index >= 15 is 0 Å². The molecule has 0 aromatic heterocycles. The fourth-order valence-corrected chi connectivity index (χ4v) is 4.19. The molecular formula is C28H26. The van der Waals surface area contributed by atoms with Gasteiger partial charge in [-0.25, -0.2) is 0 Å². The minimum absolute atomic E-state index is 0.0547. The highest BCUT2D eigenvalue weighted by molar-refractivity contribution is 5.83. The average molecular weight is 363 g/mol. The van der Waals surface area contributed by atoms with Crippen LogP contribution in [0.1, 0.15) is 34.7 Å². The maximum Gasteiger partial charge on any atom is 0.0435 e. The van der Waals surface area contributed by atoms with E-state index in [0.29, 0.717) is 0 Å². The Hall–Kier alpha value is -3.12. The van der Waals surface area contributed by atoms with Gasteiger partial charge in [-0.05, 0) is 48.6 Å². The van der Waals surface area contributed by atoms with Crippen molar-refractivity contribution < 1.29 is 0 Å². The zero-order valence-electron chi connectivity index (χ0n) is 16.8. The van der Waals surface area contributed by atoms with Crippen LogP contribution in [0.5, 0.6) is 0 Å². The van der Waals surface area contributed by atoms with Crippen LogP contribution in [0.3, 0.4) is 0 Å². The predicted molar refractivity (Wildman–Crippen MR) is 120 cm³/mol. The second kappa shape index (κ2) is 7.48. The molecule has 0 unspecified atom stereocenters. The summed E-state index contributed by atoms with van der Waals surface area (Å²) in [6, 6.07) is 36.8. The maximum absolute atomic E-state index is 2.35. The molecule has 0 heterocycles. The molecule has 138 valence electrons. The van der Waals surface area contributed by atoms with Gasteiger partial charge in [0.25, 0.3) is 0 Å².